The zero-order valence-corrected chi connectivity index (χ0v) is 11.1. The van der Waals surface area contributed by atoms with Gasteiger partial charge < -0.3 is 18.9 Å². The molecule has 8 heteroatoms. The molecule has 0 fully saturated rings. The van der Waals surface area contributed by atoms with Crippen LogP contribution < -0.4 is 0 Å². The second-order valence-electron chi connectivity index (χ2n) is 3.29. The van der Waals surface area contributed by atoms with Crippen molar-refractivity contribution in [3.05, 3.63) is 29.8 Å². The Morgan fingerprint density at radius 1 is 1.19 bits per heavy atom. The van der Waals surface area contributed by atoms with Crippen molar-refractivity contribution in [2.75, 3.05) is 0 Å². The van der Waals surface area contributed by atoms with Crippen LogP contribution in [0.25, 0.3) is 0 Å². The summed E-state index contributed by atoms with van der Waals surface area (Å²) in [6.45, 7) is 0. The second-order valence-corrected chi connectivity index (χ2v) is 8.19. The maximum absolute atomic E-state index is 10.6. The van der Waals surface area contributed by atoms with Gasteiger partial charge in [-0.15, -0.1) is 0 Å². The van der Waals surface area contributed by atoms with Gasteiger partial charge >= 0.3 is 8.80 Å². The van der Waals surface area contributed by atoms with E-state index in [4.69, 9.17) is 18.9 Å². The monoisotopic (exact) mass is 282 g/mol. The van der Waals surface area contributed by atoms with E-state index in [0.717, 1.165) is 10.5 Å². The lowest BCUT2D eigenvalue weighted by Gasteiger charge is -2.08. The van der Waals surface area contributed by atoms with Crippen LogP contribution in [-0.2, 0) is 26.4 Å². The minimum atomic E-state index is -3.97. The molecule has 0 aromatic heterocycles. The van der Waals surface area contributed by atoms with Crippen molar-refractivity contribution in [1.82, 2.24) is 0 Å². The van der Waals surface area contributed by atoms with Gasteiger partial charge in [-0.25, -0.2) is 4.21 Å². The van der Waals surface area contributed by atoms with Gasteiger partial charge in [0.05, 0.1) is 9.64 Å². The smallest absolute Gasteiger partial charge is 0.390 e. The first kappa shape index (κ1) is 13.8. The Morgan fingerprint density at radius 2 is 1.75 bits per heavy atom. The van der Waals surface area contributed by atoms with Crippen molar-refractivity contribution in [1.29, 1.82) is 0 Å². The predicted molar refractivity (Wildman–Crippen MR) is 66.6 cm³/mol. The van der Waals surface area contributed by atoms with E-state index < -0.39 is 18.4 Å². The Hall–Kier alpha value is -0.223. The van der Waals surface area contributed by atoms with Gasteiger partial charge in [0, 0.05) is 10.9 Å². The quantitative estimate of drug-likeness (QED) is 0.321. The molecule has 5 nitrogen and oxygen atoms in total. The summed E-state index contributed by atoms with van der Waals surface area (Å²) in [7, 11) is -5.81. The largest absolute Gasteiger partial charge is 0.493 e. The molecule has 1 unspecified atom stereocenters. The van der Waals surface area contributed by atoms with Crippen molar-refractivity contribution >= 4 is 28.8 Å². The number of hydrogen-bond acceptors (Lipinski definition) is 4. The highest BCUT2D eigenvalue weighted by molar-refractivity contribution is 8.27. The van der Waals surface area contributed by atoms with Crippen LogP contribution in [0.2, 0.25) is 6.04 Å². The van der Waals surface area contributed by atoms with Crippen LogP contribution in [0.1, 0.15) is 5.56 Å². The first-order valence-electron chi connectivity index (χ1n) is 4.51. The highest BCUT2D eigenvalue weighted by atomic mass is 32.8. The van der Waals surface area contributed by atoms with Crippen molar-refractivity contribution < 1.29 is 23.1 Å². The maximum atomic E-state index is 10.6. The summed E-state index contributed by atoms with van der Waals surface area (Å²) in [6.07, 6.45) is 0.373. The fraction of sp³-hybridized carbons (Fsp3) is 0.250. The van der Waals surface area contributed by atoms with Crippen molar-refractivity contribution in [3.8, 4) is 0 Å². The molecule has 1 aromatic rings. The summed E-state index contributed by atoms with van der Waals surface area (Å²) in [4.78, 5) is 27.2. The number of aryl methyl sites for hydroxylation is 1. The van der Waals surface area contributed by atoms with Crippen LogP contribution in [0.4, 0.5) is 0 Å². The minimum absolute atomic E-state index is 0.0433. The summed E-state index contributed by atoms with van der Waals surface area (Å²) in [5.41, 5.74) is 0.848. The highest BCUT2D eigenvalue weighted by Crippen LogP contribution is 2.10. The fourth-order valence-electron chi connectivity index (χ4n) is 1.14. The van der Waals surface area contributed by atoms with Gasteiger partial charge in [0.1, 0.15) is 0 Å². The Bertz CT molecular complexity index is 419. The molecule has 0 saturated carbocycles. The van der Waals surface area contributed by atoms with E-state index in [1.165, 1.54) is 0 Å². The van der Waals surface area contributed by atoms with E-state index in [1.54, 1.807) is 24.3 Å². The molecule has 0 aliphatic rings. The lowest BCUT2D eigenvalue weighted by Crippen LogP contribution is -2.34. The Morgan fingerprint density at radius 3 is 2.19 bits per heavy atom. The number of thiol groups is 2. The van der Waals surface area contributed by atoms with Gasteiger partial charge in [-0.2, -0.15) is 0 Å². The lowest BCUT2D eigenvalue weighted by molar-refractivity contribution is 0.228. The van der Waals surface area contributed by atoms with Crippen molar-refractivity contribution in [2.24, 2.45) is 0 Å². The molecule has 4 N–H and O–H groups in total. The topological polar surface area (TPSA) is 98.0 Å². The first-order chi connectivity index (χ1) is 7.37. The van der Waals surface area contributed by atoms with E-state index in [9.17, 15) is 4.21 Å². The molecule has 0 spiro atoms. The Kier molecular flexibility index (Phi) is 5.12. The zero-order chi connectivity index (χ0) is 12.2. The number of rotatable bonds is 4. The zero-order valence-electron chi connectivity index (χ0n) is 8.32. The molecular formula is C8H14O5S2Si. The Labute approximate surface area is 99.3 Å². The standard InChI is InChI=1S/C8H14O5S2Si/c9-15(10)14-8-3-1-7(2-4-8)5-6-16(11,12)13/h1-4,11-15H,5-6H2,(H,9,10). The fourth-order valence-corrected chi connectivity index (χ4v) is 3.24. The van der Waals surface area contributed by atoms with Gasteiger partial charge in [-0.05, 0) is 24.1 Å². The van der Waals surface area contributed by atoms with E-state index in [2.05, 4.69) is 0 Å². The molecular weight excluding hydrogens is 268 g/mol. The van der Waals surface area contributed by atoms with Crippen LogP contribution in [0.3, 0.4) is 0 Å². The SMILES string of the molecule is O=[SH](/O)=[SH]\c1ccc(CC[Si](O)(O)O)cc1. The van der Waals surface area contributed by atoms with E-state index in [-0.39, 0.29) is 6.04 Å². The lowest BCUT2D eigenvalue weighted by atomic mass is 10.2. The molecule has 16 heavy (non-hydrogen) atoms. The first-order valence-corrected chi connectivity index (χ1v) is 9.37. The summed E-state index contributed by atoms with van der Waals surface area (Å²) >= 11 is 0. The van der Waals surface area contributed by atoms with Crippen LogP contribution in [0, 0.1) is 0 Å². The molecule has 0 heterocycles. The van der Waals surface area contributed by atoms with Gasteiger partial charge in [0.25, 0.3) is 0 Å². The molecule has 1 rings (SSSR count). The normalized spacial score (nSPS) is 14.5. The Balaban J connectivity index is 2.65. The summed E-state index contributed by atoms with van der Waals surface area (Å²) < 4.78 is 19.2. The average molecular weight is 282 g/mol. The van der Waals surface area contributed by atoms with Gasteiger partial charge in [0.2, 0.25) is 0 Å². The number of hydrogen-bond donors (Lipinski definition) is 6. The molecule has 0 saturated heterocycles. The molecule has 1 atom stereocenters. The van der Waals surface area contributed by atoms with Gasteiger partial charge in [-0.1, -0.05) is 22.5 Å². The van der Waals surface area contributed by atoms with Crippen LogP contribution in [0.5, 0.6) is 0 Å². The molecule has 0 radical (unpaired) electrons. The van der Waals surface area contributed by atoms with Crippen LogP contribution in [-0.4, -0.2) is 32.0 Å². The third-order valence-corrected chi connectivity index (χ3v) is 4.71. The van der Waals surface area contributed by atoms with Crippen LogP contribution in [0.15, 0.2) is 29.2 Å². The average Bonchev–Trinajstić information content (AvgIpc) is 2.14. The highest BCUT2D eigenvalue weighted by Gasteiger charge is 2.25. The summed E-state index contributed by atoms with van der Waals surface area (Å²) in [5, 5.41) is 0. The van der Waals surface area contributed by atoms with Gasteiger partial charge in [-0.3, -0.25) is 0 Å². The maximum Gasteiger partial charge on any atom is 0.493 e. The van der Waals surface area contributed by atoms with Crippen LogP contribution >= 0.6 is 0 Å². The van der Waals surface area contributed by atoms with Crippen molar-refractivity contribution in [3.63, 3.8) is 0 Å². The second kappa shape index (κ2) is 5.91. The molecule has 0 aliphatic heterocycles. The van der Waals surface area contributed by atoms with E-state index >= 15 is 0 Å². The molecule has 0 aliphatic carbocycles. The third kappa shape index (κ3) is 5.75. The van der Waals surface area contributed by atoms with E-state index in [1.807, 2.05) is 0 Å². The molecule has 92 valence electrons. The van der Waals surface area contributed by atoms with Crippen molar-refractivity contribution in [2.45, 2.75) is 17.4 Å². The summed E-state index contributed by atoms with van der Waals surface area (Å²) in [5.74, 6) is 0. The minimum Gasteiger partial charge on any atom is -0.390 e. The predicted octanol–water partition coefficient (Wildman–Crippen LogP) is -0.812. The van der Waals surface area contributed by atoms with Gasteiger partial charge in [0.15, 0.2) is 0 Å². The molecule has 0 amide bonds. The number of benzene rings is 1. The third-order valence-electron chi connectivity index (χ3n) is 1.89. The summed E-state index contributed by atoms with van der Waals surface area (Å²) in [6, 6.07) is 6.84. The van der Waals surface area contributed by atoms with E-state index in [0.29, 0.717) is 16.7 Å². The molecule has 1 aromatic carbocycles. The molecule has 0 bridgehead atoms.